The van der Waals surface area contributed by atoms with E-state index >= 15 is 0 Å². The molecule has 0 fully saturated rings. The number of rotatable bonds is 14. The van der Waals surface area contributed by atoms with E-state index in [0.29, 0.717) is 25.3 Å². The second kappa shape index (κ2) is 14.3. The maximum atomic E-state index is 10.9. The average molecular weight is 541 g/mol. The van der Waals surface area contributed by atoms with Gasteiger partial charge in [-0.15, -0.1) is 0 Å². The van der Waals surface area contributed by atoms with Crippen LogP contribution in [-0.2, 0) is 17.6 Å². The number of nitro benzene ring substituents is 1. The number of allylic oxidation sites excluding steroid dienone is 3. The number of aliphatic hydroxyl groups excluding tert-OH is 1. The highest BCUT2D eigenvalue weighted by Gasteiger charge is 2.22. The Morgan fingerprint density at radius 3 is 2.40 bits per heavy atom. The van der Waals surface area contributed by atoms with Gasteiger partial charge in [-0.25, -0.2) is 0 Å². The fourth-order valence-corrected chi connectivity index (χ4v) is 4.96. The summed E-state index contributed by atoms with van der Waals surface area (Å²) in [5, 5.41) is 32.5. The molecule has 3 aromatic rings. The van der Waals surface area contributed by atoms with Crippen molar-refractivity contribution in [3.05, 3.63) is 129 Å². The van der Waals surface area contributed by atoms with Crippen molar-refractivity contribution < 1.29 is 14.8 Å². The summed E-state index contributed by atoms with van der Waals surface area (Å²) in [6.45, 7) is 0.855. The van der Waals surface area contributed by atoms with Gasteiger partial charge in [0, 0.05) is 36.3 Å². The van der Waals surface area contributed by atoms with E-state index in [1.807, 2.05) is 42.5 Å². The van der Waals surface area contributed by atoms with E-state index in [-0.39, 0.29) is 35.0 Å². The molecule has 4 rings (SSSR count). The highest BCUT2D eigenvalue weighted by atomic mass is 16.6. The fraction of sp³-hybridized carbons (Fsp3) is 0.281. The van der Waals surface area contributed by atoms with Crippen LogP contribution in [0.25, 0.3) is 5.57 Å². The molecule has 40 heavy (non-hydrogen) atoms. The lowest BCUT2D eigenvalue weighted by Crippen LogP contribution is -2.42. The number of ether oxygens (including phenoxy) is 1. The van der Waals surface area contributed by atoms with Crippen LogP contribution in [0, 0.1) is 21.4 Å². The first-order valence-electron chi connectivity index (χ1n) is 13.5. The molecule has 5 N–H and O–H groups in total. The number of nitro groups is 1. The van der Waals surface area contributed by atoms with Gasteiger partial charge in [0.15, 0.2) is 0 Å². The van der Waals surface area contributed by atoms with E-state index < -0.39 is 0 Å². The zero-order chi connectivity index (χ0) is 28.3. The second-order valence-corrected chi connectivity index (χ2v) is 10.1. The molecule has 0 amide bonds. The fourth-order valence-electron chi connectivity index (χ4n) is 4.96. The first-order valence-corrected chi connectivity index (χ1v) is 13.5. The number of nitrogens with two attached hydrogens (primary N) is 1. The van der Waals surface area contributed by atoms with Crippen LogP contribution in [-0.4, -0.2) is 41.9 Å². The molecule has 208 valence electrons. The maximum Gasteiger partial charge on any atom is 0.269 e. The molecule has 0 aromatic heterocycles. The van der Waals surface area contributed by atoms with Crippen LogP contribution >= 0.6 is 0 Å². The van der Waals surface area contributed by atoms with Crippen molar-refractivity contribution in [3.8, 4) is 0 Å². The lowest BCUT2D eigenvalue weighted by atomic mass is 9.88. The van der Waals surface area contributed by atoms with Crippen LogP contribution in [0.2, 0.25) is 0 Å². The van der Waals surface area contributed by atoms with E-state index in [1.165, 1.54) is 23.3 Å². The van der Waals surface area contributed by atoms with Gasteiger partial charge < -0.3 is 15.6 Å². The summed E-state index contributed by atoms with van der Waals surface area (Å²) >= 11 is 0. The molecule has 1 aliphatic carbocycles. The van der Waals surface area contributed by atoms with Crippen LogP contribution < -0.4 is 11.1 Å². The first-order chi connectivity index (χ1) is 19.4. The van der Waals surface area contributed by atoms with Crippen molar-refractivity contribution in [2.75, 3.05) is 19.9 Å². The molecule has 0 bridgehead atoms. The van der Waals surface area contributed by atoms with Crippen molar-refractivity contribution in [2.24, 2.45) is 11.7 Å². The Bertz CT molecular complexity index is 1350. The zero-order valence-electron chi connectivity index (χ0n) is 22.5. The Hall–Kier alpha value is -4.11. The predicted molar refractivity (Wildman–Crippen MR) is 158 cm³/mol. The van der Waals surface area contributed by atoms with Crippen molar-refractivity contribution in [1.29, 1.82) is 5.41 Å². The van der Waals surface area contributed by atoms with E-state index in [4.69, 9.17) is 15.9 Å². The number of hydrogen-bond donors (Lipinski definition) is 4. The molecule has 0 radical (unpaired) electrons. The van der Waals surface area contributed by atoms with Crippen molar-refractivity contribution >= 4 is 17.1 Å². The van der Waals surface area contributed by atoms with Gasteiger partial charge >= 0.3 is 0 Å². The maximum absolute atomic E-state index is 10.9. The zero-order valence-corrected chi connectivity index (χ0v) is 22.5. The number of non-ortho nitro benzene ring substituents is 1. The topological polar surface area (TPSA) is 135 Å². The lowest BCUT2D eigenvalue weighted by molar-refractivity contribution is -0.384. The second-order valence-electron chi connectivity index (χ2n) is 10.1. The number of nitrogens with zero attached hydrogens (tertiary/aromatic N) is 1. The predicted octanol–water partition coefficient (Wildman–Crippen LogP) is 5.01. The summed E-state index contributed by atoms with van der Waals surface area (Å²) in [4.78, 5) is 10.5. The van der Waals surface area contributed by atoms with Crippen LogP contribution in [0.5, 0.6) is 0 Å². The summed E-state index contributed by atoms with van der Waals surface area (Å²) < 4.78 is 6.01. The summed E-state index contributed by atoms with van der Waals surface area (Å²) in [5.41, 5.74) is 12.0. The molecule has 3 aromatic carbocycles. The molecular weight excluding hydrogens is 504 g/mol. The summed E-state index contributed by atoms with van der Waals surface area (Å²) in [6, 6.07) is 24.5. The summed E-state index contributed by atoms with van der Waals surface area (Å²) in [7, 11) is 0. The van der Waals surface area contributed by atoms with E-state index in [9.17, 15) is 15.2 Å². The van der Waals surface area contributed by atoms with Crippen molar-refractivity contribution in [1.82, 2.24) is 5.32 Å². The number of amidine groups is 1. The number of nitrogen functional groups attached to an aromatic ring is 1. The largest absolute Gasteiger partial charge is 0.396 e. The SMILES string of the molecule is N=C(N)c1cccc(CC(CO)C(Cc2ccccc2)NCOCC2=CC=C(c3ccc([N+](=O)[O-])cc3)CC2)c1. The molecule has 8 heteroatoms. The Morgan fingerprint density at radius 1 is 1.00 bits per heavy atom. The molecule has 2 unspecified atom stereocenters. The standard InChI is InChI=1S/C32H36N4O4/c33-32(34)28-8-4-7-25(17-28)18-29(20-37)31(19-23-5-2-1-3-6-23)35-22-40-21-24-9-11-26(12-10-24)27-13-15-30(16-14-27)36(38)39/h1-9,11,13-17,29,31,35,37H,10,12,18-22H2,(H3,33,34). The summed E-state index contributed by atoms with van der Waals surface area (Å²) in [5.74, 6) is -0.0337. The molecule has 0 saturated heterocycles. The van der Waals surface area contributed by atoms with Crippen LogP contribution in [0.1, 0.15) is 35.1 Å². The third-order valence-electron chi connectivity index (χ3n) is 7.26. The van der Waals surface area contributed by atoms with Gasteiger partial charge in [0.2, 0.25) is 0 Å². The van der Waals surface area contributed by atoms with E-state index in [1.54, 1.807) is 12.1 Å². The number of benzene rings is 3. The summed E-state index contributed by atoms with van der Waals surface area (Å²) in [6.07, 6.45) is 7.23. The Morgan fingerprint density at radius 2 is 1.75 bits per heavy atom. The molecule has 0 heterocycles. The minimum absolute atomic E-state index is 0.0101. The minimum atomic E-state index is -0.387. The van der Waals surface area contributed by atoms with Gasteiger partial charge in [-0.2, -0.15) is 0 Å². The molecule has 8 nitrogen and oxygen atoms in total. The van der Waals surface area contributed by atoms with Gasteiger partial charge in [-0.05, 0) is 71.7 Å². The van der Waals surface area contributed by atoms with Gasteiger partial charge in [-0.1, -0.05) is 60.7 Å². The monoisotopic (exact) mass is 540 g/mol. The Labute approximate surface area is 234 Å². The molecule has 0 saturated carbocycles. The third kappa shape index (κ3) is 8.19. The highest BCUT2D eigenvalue weighted by Crippen LogP contribution is 2.28. The molecule has 0 spiro atoms. The molecule has 1 aliphatic rings. The van der Waals surface area contributed by atoms with Gasteiger partial charge in [-0.3, -0.25) is 20.8 Å². The molecule has 2 atom stereocenters. The quantitative estimate of drug-likeness (QED) is 0.0567. The van der Waals surface area contributed by atoms with E-state index in [2.05, 4.69) is 29.6 Å². The number of hydrogen-bond acceptors (Lipinski definition) is 6. The van der Waals surface area contributed by atoms with E-state index in [0.717, 1.165) is 36.0 Å². The number of aliphatic hydroxyl groups is 1. The first kappa shape index (κ1) is 28.9. The third-order valence-corrected chi connectivity index (χ3v) is 7.26. The van der Waals surface area contributed by atoms with Crippen LogP contribution in [0.15, 0.2) is 96.6 Å². The Balaban J connectivity index is 1.35. The molecule has 0 aliphatic heterocycles. The molecular formula is C32H36N4O4. The normalized spacial score (nSPS) is 14.6. The highest BCUT2D eigenvalue weighted by molar-refractivity contribution is 5.95. The van der Waals surface area contributed by atoms with Crippen LogP contribution in [0.4, 0.5) is 5.69 Å². The minimum Gasteiger partial charge on any atom is -0.396 e. The smallest absolute Gasteiger partial charge is 0.269 e. The van der Waals surface area contributed by atoms with Gasteiger partial charge in [0.1, 0.15) is 5.84 Å². The Kier molecular flexibility index (Phi) is 10.3. The van der Waals surface area contributed by atoms with Crippen molar-refractivity contribution in [3.63, 3.8) is 0 Å². The van der Waals surface area contributed by atoms with Gasteiger partial charge in [0.25, 0.3) is 5.69 Å². The van der Waals surface area contributed by atoms with Crippen molar-refractivity contribution in [2.45, 2.75) is 31.7 Å². The average Bonchev–Trinajstić information content (AvgIpc) is 2.98. The lowest BCUT2D eigenvalue weighted by Gasteiger charge is -2.27. The number of nitrogens with one attached hydrogen (secondary N) is 2. The van der Waals surface area contributed by atoms with Gasteiger partial charge in [0.05, 0.1) is 18.3 Å². The van der Waals surface area contributed by atoms with Crippen LogP contribution in [0.3, 0.4) is 0 Å².